The van der Waals surface area contributed by atoms with E-state index in [-0.39, 0.29) is 17.4 Å². The molecule has 0 saturated carbocycles. The molecule has 0 aromatic carbocycles. The molecular formula is C17H23N5O3S2. The quantitative estimate of drug-likeness (QED) is 0.685. The molecule has 0 unspecified atom stereocenters. The number of anilines is 1. The van der Waals surface area contributed by atoms with Crippen molar-refractivity contribution in [3.63, 3.8) is 0 Å². The highest BCUT2D eigenvalue weighted by Gasteiger charge is 2.29. The van der Waals surface area contributed by atoms with Crippen LogP contribution in [0.1, 0.15) is 12.3 Å². The van der Waals surface area contributed by atoms with E-state index in [0.29, 0.717) is 30.2 Å². The summed E-state index contributed by atoms with van der Waals surface area (Å²) >= 11 is 5.30. The molecule has 0 bridgehead atoms. The second kappa shape index (κ2) is 7.69. The van der Waals surface area contributed by atoms with Crippen LogP contribution in [-0.4, -0.2) is 65.8 Å². The Hall–Kier alpha value is -1.78. The first-order chi connectivity index (χ1) is 13.0. The Labute approximate surface area is 163 Å². The summed E-state index contributed by atoms with van der Waals surface area (Å²) in [4.78, 5) is 9.30. The number of hydrogen-bond acceptors (Lipinski definition) is 8. The summed E-state index contributed by atoms with van der Waals surface area (Å²) in [7, 11) is -2.89. The van der Waals surface area contributed by atoms with Gasteiger partial charge in [0.25, 0.3) is 4.84 Å². The molecule has 1 atom stereocenters. The van der Waals surface area contributed by atoms with Crippen LogP contribution in [0.5, 0.6) is 0 Å². The number of pyridine rings is 1. The van der Waals surface area contributed by atoms with Gasteiger partial charge in [-0.15, -0.1) is 5.10 Å². The molecule has 2 aromatic rings. The van der Waals surface area contributed by atoms with Crippen LogP contribution in [0.15, 0.2) is 28.8 Å². The Morgan fingerprint density at radius 3 is 2.70 bits per heavy atom. The average molecular weight is 410 g/mol. The van der Waals surface area contributed by atoms with Crippen molar-refractivity contribution in [2.45, 2.75) is 19.5 Å². The van der Waals surface area contributed by atoms with Crippen molar-refractivity contribution in [3.05, 3.63) is 35.1 Å². The molecular weight excluding hydrogens is 386 g/mol. The van der Waals surface area contributed by atoms with Crippen LogP contribution in [0.2, 0.25) is 0 Å². The highest BCUT2D eigenvalue weighted by atomic mass is 32.2. The third kappa shape index (κ3) is 4.56. The van der Waals surface area contributed by atoms with Gasteiger partial charge in [0.2, 0.25) is 5.89 Å². The second-order valence-electron chi connectivity index (χ2n) is 7.17. The molecule has 4 heterocycles. The minimum Gasteiger partial charge on any atom is -0.414 e. The van der Waals surface area contributed by atoms with Crippen molar-refractivity contribution in [1.29, 1.82) is 0 Å². The molecule has 0 spiro atoms. The largest absolute Gasteiger partial charge is 0.414 e. The number of nitrogens with zero attached hydrogens (tertiary/aromatic N) is 5. The monoisotopic (exact) mass is 409 g/mol. The molecule has 0 aliphatic carbocycles. The number of hydrogen-bond donors (Lipinski definition) is 0. The summed E-state index contributed by atoms with van der Waals surface area (Å²) in [5.74, 6) is 2.11. The summed E-state index contributed by atoms with van der Waals surface area (Å²) in [6.07, 6.45) is 3.02. The summed E-state index contributed by atoms with van der Waals surface area (Å²) in [5.41, 5.74) is 0. The minimum atomic E-state index is -2.89. The molecule has 0 amide bonds. The minimum absolute atomic E-state index is 0.0819. The van der Waals surface area contributed by atoms with Gasteiger partial charge in [-0.05, 0) is 36.7 Å². The second-order valence-corrected chi connectivity index (χ2v) is 9.75. The van der Waals surface area contributed by atoms with Crippen molar-refractivity contribution in [2.75, 3.05) is 42.6 Å². The first-order valence-corrected chi connectivity index (χ1v) is 11.4. The van der Waals surface area contributed by atoms with Crippen molar-refractivity contribution < 1.29 is 12.8 Å². The zero-order valence-electron chi connectivity index (χ0n) is 15.0. The Kier molecular flexibility index (Phi) is 5.29. The molecule has 146 valence electrons. The molecule has 27 heavy (non-hydrogen) atoms. The number of rotatable bonds is 5. The van der Waals surface area contributed by atoms with Crippen molar-refractivity contribution >= 4 is 27.9 Å². The van der Waals surface area contributed by atoms with Gasteiger partial charge in [-0.1, -0.05) is 6.07 Å². The van der Waals surface area contributed by atoms with Crippen LogP contribution >= 0.6 is 12.2 Å². The Morgan fingerprint density at radius 2 is 2.04 bits per heavy atom. The molecule has 2 saturated heterocycles. The van der Waals surface area contributed by atoms with E-state index in [9.17, 15) is 8.42 Å². The standard InChI is InChI=1S/C17H23N5O3S2/c23-27(24)10-4-14(12-27)11-16-19-22(17(26)25-16)13-20-6-8-21(9-7-20)15-3-1-2-5-18-15/h1-3,5,14H,4,6-13H2/t14-/m1/s1. The van der Waals surface area contributed by atoms with E-state index in [0.717, 1.165) is 32.0 Å². The Morgan fingerprint density at radius 1 is 1.22 bits per heavy atom. The lowest BCUT2D eigenvalue weighted by Gasteiger charge is -2.34. The maximum atomic E-state index is 11.6. The Balaban J connectivity index is 1.33. The average Bonchev–Trinajstić information content (AvgIpc) is 3.18. The smallest absolute Gasteiger partial charge is 0.288 e. The normalized spacial score (nSPS) is 23.0. The molecule has 2 aliphatic rings. The fourth-order valence-electron chi connectivity index (χ4n) is 3.65. The zero-order valence-corrected chi connectivity index (χ0v) is 16.7. The van der Waals surface area contributed by atoms with Crippen molar-refractivity contribution in [1.82, 2.24) is 19.7 Å². The SMILES string of the molecule is O=S1(=O)CC[C@H](Cc2nn(CN3CCN(c4ccccn4)CC3)c(=S)o2)C1. The van der Waals surface area contributed by atoms with Crippen LogP contribution in [-0.2, 0) is 22.9 Å². The lowest BCUT2D eigenvalue weighted by molar-refractivity contribution is 0.192. The van der Waals surface area contributed by atoms with Gasteiger partial charge in [-0.25, -0.2) is 18.1 Å². The van der Waals surface area contributed by atoms with E-state index >= 15 is 0 Å². The lowest BCUT2D eigenvalue weighted by Crippen LogP contribution is -2.47. The van der Waals surface area contributed by atoms with Crippen molar-refractivity contribution in [2.24, 2.45) is 5.92 Å². The first-order valence-electron chi connectivity index (χ1n) is 9.14. The van der Waals surface area contributed by atoms with Gasteiger partial charge in [0, 0.05) is 38.8 Å². The Bertz CT molecular complexity index is 933. The first kappa shape index (κ1) is 18.6. The van der Waals surface area contributed by atoms with Gasteiger partial charge in [-0.2, -0.15) is 0 Å². The molecule has 4 rings (SSSR count). The highest BCUT2D eigenvalue weighted by molar-refractivity contribution is 7.91. The third-order valence-electron chi connectivity index (χ3n) is 5.12. The van der Waals surface area contributed by atoms with E-state index in [1.807, 2.05) is 24.4 Å². The van der Waals surface area contributed by atoms with Gasteiger partial charge in [-0.3, -0.25) is 4.90 Å². The van der Waals surface area contributed by atoms with Gasteiger partial charge in [0.15, 0.2) is 9.84 Å². The van der Waals surface area contributed by atoms with Gasteiger partial charge in [0.1, 0.15) is 5.82 Å². The van der Waals surface area contributed by atoms with Crippen LogP contribution in [0.3, 0.4) is 0 Å². The van der Waals surface area contributed by atoms with Crippen LogP contribution < -0.4 is 4.90 Å². The summed E-state index contributed by atoms with van der Waals surface area (Å²) < 4.78 is 30.5. The molecule has 0 N–H and O–H groups in total. The zero-order chi connectivity index (χ0) is 18.9. The fourth-order valence-corrected chi connectivity index (χ4v) is 5.71. The highest BCUT2D eigenvalue weighted by Crippen LogP contribution is 2.22. The molecule has 10 heteroatoms. The van der Waals surface area contributed by atoms with Crippen LogP contribution in [0, 0.1) is 10.8 Å². The topological polar surface area (TPSA) is 84.5 Å². The third-order valence-corrected chi connectivity index (χ3v) is 7.25. The van der Waals surface area contributed by atoms with Gasteiger partial charge in [0.05, 0.1) is 18.2 Å². The van der Waals surface area contributed by atoms with E-state index < -0.39 is 9.84 Å². The maximum Gasteiger partial charge on any atom is 0.288 e. The lowest BCUT2D eigenvalue weighted by atomic mass is 10.1. The molecule has 2 aromatic heterocycles. The van der Waals surface area contributed by atoms with Crippen LogP contribution in [0.25, 0.3) is 0 Å². The maximum absolute atomic E-state index is 11.6. The van der Waals surface area contributed by atoms with E-state index in [4.69, 9.17) is 16.6 Å². The molecule has 2 fully saturated rings. The van der Waals surface area contributed by atoms with Crippen molar-refractivity contribution in [3.8, 4) is 0 Å². The molecule has 0 radical (unpaired) electrons. The van der Waals surface area contributed by atoms with E-state index in [1.165, 1.54) is 0 Å². The predicted octanol–water partition coefficient (Wildman–Crippen LogP) is 1.36. The molecule has 2 aliphatic heterocycles. The summed E-state index contributed by atoms with van der Waals surface area (Å²) in [5, 5.41) is 4.48. The molecule has 8 nitrogen and oxygen atoms in total. The fraction of sp³-hybridized carbons (Fsp3) is 0.588. The number of piperazine rings is 1. The number of aromatic nitrogens is 3. The van der Waals surface area contributed by atoms with E-state index in [1.54, 1.807) is 4.68 Å². The predicted molar refractivity (Wildman–Crippen MR) is 104 cm³/mol. The summed E-state index contributed by atoms with van der Waals surface area (Å²) in [6.45, 7) is 4.16. The van der Waals surface area contributed by atoms with Gasteiger partial charge < -0.3 is 9.32 Å². The van der Waals surface area contributed by atoms with Crippen LogP contribution in [0.4, 0.5) is 5.82 Å². The van der Waals surface area contributed by atoms with E-state index in [2.05, 4.69) is 19.9 Å². The summed E-state index contributed by atoms with van der Waals surface area (Å²) in [6, 6.07) is 5.95. The number of sulfone groups is 1. The van der Waals surface area contributed by atoms with Gasteiger partial charge >= 0.3 is 0 Å².